The second-order valence-electron chi connectivity index (χ2n) is 4.55. The predicted octanol–water partition coefficient (Wildman–Crippen LogP) is 5.67. The third kappa shape index (κ3) is 4.35. The van der Waals surface area contributed by atoms with Crippen molar-refractivity contribution < 1.29 is 9.47 Å². The molecule has 0 aliphatic carbocycles. The highest BCUT2D eigenvalue weighted by Gasteiger charge is 2.11. The molecule has 0 heterocycles. The zero-order valence-electron chi connectivity index (χ0n) is 12.3. The van der Waals surface area contributed by atoms with Gasteiger partial charge in [-0.1, -0.05) is 34.8 Å². The van der Waals surface area contributed by atoms with Crippen LogP contribution in [0, 0.1) is 0 Å². The van der Waals surface area contributed by atoms with E-state index in [1.165, 1.54) is 0 Å². The quantitative estimate of drug-likeness (QED) is 0.720. The zero-order valence-corrected chi connectivity index (χ0v) is 14.5. The van der Waals surface area contributed by atoms with Gasteiger partial charge in [0.2, 0.25) is 0 Å². The van der Waals surface area contributed by atoms with Crippen molar-refractivity contribution >= 4 is 40.5 Å². The van der Waals surface area contributed by atoms with Crippen molar-refractivity contribution in [2.45, 2.75) is 13.5 Å². The highest BCUT2D eigenvalue weighted by atomic mass is 35.5. The van der Waals surface area contributed by atoms with Crippen LogP contribution >= 0.6 is 34.8 Å². The van der Waals surface area contributed by atoms with E-state index >= 15 is 0 Å². The molecule has 0 spiro atoms. The largest absolute Gasteiger partial charge is 0.493 e. The summed E-state index contributed by atoms with van der Waals surface area (Å²) in [5.41, 5.74) is 1.79. The van der Waals surface area contributed by atoms with Gasteiger partial charge in [-0.3, -0.25) is 0 Å². The Balaban J connectivity index is 2.17. The first-order chi connectivity index (χ1) is 10.5. The Morgan fingerprint density at radius 1 is 1.00 bits per heavy atom. The van der Waals surface area contributed by atoms with E-state index < -0.39 is 0 Å². The molecule has 0 bridgehead atoms. The van der Waals surface area contributed by atoms with E-state index in [4.69, 9.17) is 44.3 Å². The summed E-state index contributed by atoms with van der Waals surface area (Å²) in [5.74, 6) is 1.16. The lowest BCUT2D eigenvalue weighted by molar-refractivity contribution is 0.311. The maximum Gasteiger partial charge on any atom is 0.179 e. The van der Waals surface area contributed by atoms with Gasteiger partial charge in [0.1, 0.15) is 0 Å². The lowest BCUT2D eigenvalue weighted by atomic mass is 10.2. The molecule has 3 nitrogen and oxygen atoms in total. The van der Waals surface area contributed by atoms with Crippen LogP contribution in [-0.2, 0) is 6.54 Å². The van der Waals surface area contributed by atoms with Crippen molar-refractivity contribution in [1.29, 1.82) is 0 Å². The van der Waals surface area contributed by atoms with Crippen LogP contribution in [0.25, 0.3) is 0 Å². The maximum atomic E-state index is 6.25. The molecule has 118 valence electrons. The minimum Gasteiger partial charge on any atom is -0.493 e. The van der Waals surface area contributed by atoms with E-state index in [2.05, 4.69) is 5.32 Å². The molecule has 2 aromatic rings. The van der Waals surface area contributed by atoms with Crippen LogP contribution in [0.1, 0.15) is 12.5 Å². The van der Waals surface area contributed by atoms with Gasteiger partial charge in [0.25, 0.3) is 0 Å². The van der Waals surface area contributed by atoms with E-state index in [-0.39, 0.29) is 0 Å². The van der Waals surface area contributed by atoms with Gasteiger partial charge >= 0.3 is 0 Å². The minimum atomic E-state index is 0.516. The molecular formula is C16H16Cl3NO2. The van der Waals surface area contributed by atoms with Crippen LogP contribution < -0.4 is 14.8 Å². The average molecular weight is 361 g/mol. The summed E-state index contributed by atoms with van der Waals surface area (Å²) in [4.78, 5) is 0. The molecule has 1 N–H and O–H groups in total. The summed E-state index contributed by atoms with van der Waals surface area (Å²) in [6, 6.07) is 9.02. The van der Waals surface area contributed by atoms with Crippen LogP contribution in [0.3, 0.4) is 0 Å². The zero-order chi connectivity index (χ0) is 16.1. The van der Waals surface area contributed by atoms with Gasteiger partial charge in [0.05, 0.1) is 18.7 Å². The molecule has 2 aromatic carbocycles. The number of ether oxygens (including phenoxy) is 2. The average Bonchev–Trinajstić information content (AvgIpc) is 2.46. The lowest BCUT2D eigenvalue weighted by Gasteiger charge is -2.14. The first-order valence-corrected chi connectivity index (χ1v) is 7.86. The van der Waals surface area contributed by atoms with Gasteiger partial charge in [-0.05, 0) is 42.8 Å². The van der Waals surface area contributed by atoms with Gasteiger partial charge < -0.3 is 14.8 Å². The first kappa shape index (κ1) is 17.1. The minimum absolute atomic E-state index is 0.516. The normalized spacial score (nSPS) is 10.4. The highest BCUT2D eigenvalue weighted by Crippen LogP contribution is 2.36. The fourth-order valence-corrected chi connectivity index (χ4v) is 2.83. The third-order valence-corrected chi connectivity index (χ3v) is 3.65. The van der Waals surface area contributed by atoms with Crippen molar-refractivity contribution in [3.05, 3.63) is 51.0 Å². The fraction of sp³-hybridized carbons (Fsp3) is 0.250. The predicted molar refractivity (Wildman–Crippen MR) is 93.0 cm³/mol. The third-order valence-electron chi connectivity index (χ3n) is 2.94. The SMILES string of the molecule is CCOc1c(Cl)cc(CNc2cc(Cl)cc(Cl)c2)cc1OC. The molecule has 0 aliphatic rings. The molecule has 0 saturated heterocycles. The number of hydrogen-bond acceptors (Lipinski definition) is 3. The monoisotopic (exact) mass is 359 g/mol. The summed E-state index contributed by atoms with van der Waals surface area (Å²) in [6.07, 6.45) is 0. The fourth-order valence-electron chi connectivity index (χ4n) is 2.02. The van der Waals surface area contributed by atoms with Gasteiger partial charge in [0, 0.05) is 22.3 Å². The van der Waals surface area contributed by atoms with Crippen molar-refractivity contribution in [2.24, 2.45) is 0 Å². The van der Waals surface area contributed by atoms with Crippen LogP contribution in [0.5, 0.6) is 11.5 Å². The van der Waals surface area contributed by atoms with Crippen LogP contribution in [0.15, 0.2) is 30.3 Å². The molecule has 0 aliphatic heterocycles. The van der Waals surface area contributed by atoms with Crippen molar-refractivity contribution in [3.8, 4) is 11.5 Å². The Morgan fingerprint density at radius 2 is 1.68 bits per heavy atom. The molecule has 22 heavy (non-hydrogen) atoms. The summed E-state index contributed by atoms with van der Waals surface area (Å²) < 4.78 is 10.8. The number of hydrogen-bond donors (Lipinski definition) is 1. The molecular weight excluding hydrogens is 345 g/mol. The van der Waals surface area contributed by atoms with Crippen molar-refractivity contribution in [3.63, 3.8) is 0 Å². The Bertz CT molecular complexity index is 642. The van der Waals surface area contributed by atoms with Crippen molar-refractivity contribution in [2.75, 3.05) is 19.0 Å². The molecule has 2 rings (SSSR count). The molecule has 0 atom stereocenters. The Labute approximate surface area is 145 Å². The summed E-state index contributed by atoms with van der Waals surface area (Å²) in [5, 5.41) is 4.93. The van der Waals surface area contributed by atoms with Crippen LogP contribution in [0.4, 0.5) is 5.69 Å². The molecule has 0 radical (unpaired) electrons. The standard InChI is InChI=1S/C16H16Cl3NO2/c1-3-22-16-14(19)4-10(5-15(16)21-2)9-20-13-7-11(17)6-12(18)8-13/h4-8,20H,3,9H2,1-2H3. The van der Waals surface area contributed by atoms with Gasteiger partial charge in [-0.2, -0.15) is 0 Å². The molecule has 6 heteroatoms. The van der Waals surface area contributed by atoms with Gasteiger partial charge in [-0.15, -0.1) is 0 Å². The van der Waals surface area contributed by atoms with Crippen LogP contribution in [-0.4, -0.2) is 13.7 Å². The van der Waals surface area contributed by atoms with E-state index in [1.807, 2.05) is 19.1 Å². The lowest BCUT2D eigenvalue weighted by Crippen LogP contribution is -2.02. The van der Waals surface area contributed by atoms with E-state index in [9.17, 15) is 0 Å². The highest BCUT2D eigenvalue weighted by molar-refractivity contribution is 6.35. The van der Waals surface area contributed by atoms with Gasteiger partial charge in [-0.25, -0.2) is 0 Å². The smallest absolute Gasteiger partial charge is 0.179 e. The Kier molecular flexibility index (Phi) is 6.07. The number of anilines is 1. The summed E-state index contributed by atoms with van der Waals surface area (Å²) >= 11 is 18.2. The Hall–Kier alpha value is -1.29. The topological polar surface area (TPSA) is 30.5 Å². The number of benzene rings is 2. The van der Waals surface area contributed by atoms with E-state index in [1.54, 1.807) is 25.3 Å². The molecule has 0 unspecified atom stereocenters. The summed E-state index contributed by atoms with van der Waals surface area (Å²) in [6.45, 7) is 2.97. The maximum absolute atomic E-state index is 6.25. The first-order valence-electron chi connectivity index (χ1n) is 6.72. The number of nitrogens with one attached hydrogen (secondary N) is 1. The second kappa shape index (κ2) is 7.82. The number of halogens is 3. The number of methoxy groups -OCH3 is 1. The molecule has 0 saturated carbocycles. The van der Waals surface area contributed by atoms with Gasteiger partial charge in [0.15, 0.2) is 11.5 Å². The van der Waals surface area contributed by atoms with Crippen LogP contribution in [0.2, 0.25) is 15.1 Å². The Morgan fingerprint density at radius 3 is 2.27 bits per heavy atom. The van der Waals surface area contributed by atoms with Crippen molar-refractivity contribution in [1.82, 2.24) is 0 Å². The summed E-state index contributed by atoms with van der Waals surface area (Å²) in [7, 11) is 1.59. The number of rotatable bonds is 6. The molecule has 0 amide bonds. The second-order valence-corrected chi connectivity index (χ2v) is 5.83. The molecule has 0 fully saturated rings. The van der Waals surface area contributed by atoms with E-state index in [0.717, 1.165) is 11.3 Å². The van der Waals surface area contributed by atoms with E-state index in [0.29, 0.717) is 39.7 Å². The molecule has 0 aromatic heterocycles.